The lowest BCUT2D eigenvalue weighted by molar-refractivity contribution is -0.154. The van der Waals surface area contributed by atoms with Gasteiger partial charge in [0.25, 0.3) is 0 Å². The van der Waals surface area contributed by atoms with Gasteiger partial charge in [0.05, 0.1) is 11.6 Å². The highest BCUT2D eigenvalue weighted by Gasteiger charge is 2.16. The number of hydrogen-bond acceptors (Lipinski definition) is 5. The Labute approximate surface area is 139 Å². The third-order valence-electron chi connectivity index (χ3n) is 2.61. The van der Waals surface area contributed by atoms with Crippen LogP contribution < -0.4 is 4.74 Å². The van der Waals surface area contributed by atoms with E-state index < -0.39 is 11.6 Å². The Kier molecular flexibility index (Phi) is 6.87. The summed E-state index contributed by atoms with van der Waals surface area (Å²) in [7, 11) is 1.31. The zero-order chi connectivity index (χ0) is 16.8. The van der Waals surface area contributed by atoms with Gasteiger partial charge in [-0.2, -0.15) is 0 Å². The largest absolute Gasteiger partial charge is 0.481 e. The lowest BCUT2D eigenvalue weighted by Gasteiger charge is -2.19. The van der Waals surface area contributed by atoms with Gasteiger partial charge in [0.1, 0.15) is 11.4 Å². The van der Waals surface area contributed by atoms with Gasteiger partial charge in [-0.1, -0.05) is 6.07 Å². The number of carbonyl (C=O) groups is 2. The molecule has 0 aliphatic rings. The van der Waals surface area contributed by atoms with Crippen LogP contribution in [0.1, 0.15) is 32.8 Å². The number of benzene rings is 1. The fourth-order valence-electron chi connectivity index (χ4n) is 1.65. The first-order valence-electron chi connectivity index (χ1n) is 6.91. The second-order valence-corrected chi connectivity index (χ2v) is 6.57. The summed E-state index contributed by atoms with van der Waals surface area (Å²) < 4.78 is 15.8. The molecule has 0 bridgehead atoms. The molecule has 1 rings (SSSR count). The first kappa shape index (κ1) is 18.5. The third-order valence-corrected chi connectivity index (χ3v) is 3.23. The summed E-state index contributed by atoms with van der Waals surface area (Å²) in [6, 6.07) is 5.45. The van der Waals surface area contributed by atoms with Crippen LogP contribution in [-0.4, -0.2) is 31.3 Å². The summed E-state index contributed by atoms with van der Waals surface area (Å²) >= 11 is 3.38. The minimum absolute atomic E-state index is 0.146. The van der Waals surface area contributed by atoms with E-state index >= 15 is 0 Å². The average molecular weight is 373 g/mol. The van der Waals surface area contributed by atoms with Crippen LogP contribution in [0.25, 0.3) is 0 Å². The SMILES string of the molecule is COC(=O)COc1ccc(CCC(=O)OC(C)(C)C)cc1Br. The van der Waals surface area contributed by atoms with E-state index in [4.69, 9.17) is 9.47 Å². The minimum atomic E-state index is -0.469. The second kappa shape index (κ2) is 8.17. The molecule has 0 fully saturated rings. The lowest BCUT2D eigenvalue weighted by atomic mass is 10.1. The summed E-state index contributed by atoms with van der Waals surface area (Å²) in [5, 5.41) is 0. The fraction of sp³-hybridized carbons (Fsp3) is 0.500. The maximum absolute atomic E-state index is 11.7. The number of ether oxygens (including phenoxy) is 3. The molecule has 122 valence electrons. The average Bonchev–Trinajstić information content (AvgIpc) is 2.41. The van der Waals surface area contributed by atoms with Crippen LogP contribution in [0.15, 0.2) is 22.7 Å². The molecule has 0 saturated heterocycles. The standard InChI is InChI=1S/C16H21BrO5/c1-16(2,3)22-14(18)8-6-11-5-7-13(12(17)9-11)21-10-15(19)20-4/h5,7,9H,6,8,10H2,1-4H3. The highest BCUT2D eigenvalue weighted by Crippen LogP contribution is 2.26. The molecule has 0 spiro atoms. The summed E-state index contributed by atoms with van der Waals surface area (Å²) in [5.74, 6) is -0.123. The number of halogens is 1. The molecular weight excluding hydrogens is 352 g/mol. The second-order valence-electron chi connectivity index (χ2n) is 5.72. The fourth-order valence-corrected chi connectivity index (χ4v) is 2.19. The molecular formula is C16H21BrO5. The van der Waals surface area contributed by atoms with E-state index in [0.717, 1.165) is 10.0 Å². The van der Waals surface area contributed by atoms with Gasteiger partial charge in [0.15, 0.2) is 6.61 Å². The Bertz CT molecular complexity index is 534. The number of aryl methyl sites for hydroxylation is 1. The van der Waals surface area contributed by atoms with E-state index in [0.29, 0.717) is 18.6 Å². The van der Waals surface area contributed by atoms with Crippen molar-refractivity contribution in [3.8, 4) is 5.75 Å². The van der Waals surface area contributed by atoms with Crippen LogP contribution in [0.4, 0.5) is 0 Å². The van der Waals surface area contributed by atoms with E-state index in [-0.39, 0.29) is 12.6 Å². The molecule has 0 atom stereocenters. The van der Waals surface area contributed by atoms with E-state index in [1.807, 2.05) is 32.9 Å². The zero-order valence-corrected chi connectivity index (χ0v) is 14.9. The van der Waals surface area contributed by atoms with Crippen molar-refractivity contribution in [1.29, 1.82) is 0 Å². The number of carbonyl (C=O) groups excluding carboxylic acids is 2. The highest BCUT2D eigenvalue weighted by molar-refractivity contribution is 9.10. The molecule has 5 nitrogen and oxygen atoms in total. The van der Waals surface area contributed by atoms with E-state index in [2.05, 4.69) is 20.7 Å². The molecule has 1 aromatic carbocycles. The zero-order valence-electron chi connectivity index (χ0n) is 13.3. The van der Waals surface area contributed by atoms with Crippen molar-refractivity contribution in [3.05, 3.63) is 28.2 Å². The highest BCUT2D eigenvalue weighted by atomic mass is 79.9. The first-order chi connectivity index (χ1) is 10.2. The van der Waals surface area contributed by atoms with Crippen LogP contribution in [0.5, 0.6) is 5.75 Å². The molecule has 0 heterocycles. The third kappa shape index (κ3) is 6.93. The Balaban J connectivity index is 2.55. The monoisotopic (exact) mass is 372 g/mol. The minimum Gasteiger partial charge on any atom is -0.481 e. The molecule has 0 unspecified atom stereocenters. The predicted molar refractivity (Wildman–Crippen MR) is 85.8 cm³/mol. The van der Waals surface area contributed by atoms with Crippen LogP contribution in [0, 0.1) is 0 Å². The van der Waals surface area contributed by atoms with Crippen molar-refractivity contribution in [2.45, 2.75) is 39.2 Å². The molecule has 0 aromatic heterocycles. The molecule has 22 heavy (non-hydrogen) atoms. The van der Waals surface area contributed by atoms with Crippen LogP contribution >= 0.6 is 15.9 Å². The van der Waals surface area contributed by atoms with Crippen molar-refractivity contribution in [2.24, 2.45) is 0 Å². The molecule has 1 aromatic rings. The Hall–Kier alpha value is -1.56. The summed E-state index contributed by atoms with van der Waals surface area (Å²) in [6.45, 7) is 5.38. The van der Waals surface area contributed by atoms with Gasteiger partial charge < -0.3 is 14.2 Å². The van der Waals surface area contributed by atoms with Crippen LogP contribution in [-0.2, 0) is 25.5 Å². The van der Waals surface area contributed by atoms with Crippen LogP contribution in [0.2, 0.25) is 0 Å². The number of hydrogen-bond donors (Lipinski definition) is 0. The molecule has 0 aliphatic heterocycles. The van der Waals surface area contributed by atoms with Gasteiger partial charge in [-0.15, -0.1) is 0 Å². The normalized spacial score (nSPS) is 11.0. The molecule has 0 amide bonds. The summed E-state index contributed by atoms with van der Waals surface area (Å²) in [5.41, 5.74) is 0.506. The molecule has 0 saturated carbocycles. The van der Waals surface area contributed by atoms with Gasteiger partial charge in [-0.25, -0.2) is 4.79 Å². The maximum Gasteiger partial charge on any atom is 0.343 e. The van der Waals surface area contributed by atoms with Crippen molar-refractivity contribution in [3.63, 3.8) is 0 Å². The summed E-state index contributed by atoms with van der Waals surface area (Å²) in [6.07, 6.45) is 0.886. The molecule has 0 N–H and O–H groups in total. The van der Waals surface area contributed by atoms with E-state index in [1.54, 1.807) is 6.07 Å². The Morgan fingerprint density at radius 1 is 1.18 bits per heavy atom. The smallest absolute Gasteiger partial charge is 0.343 e. The van der Waals surface area contributed by atoms with Gasteiger partial charge >= 0.3 is 11.9 Å². The molecule has 0 radical (unpaired) electrons. The van der Waals surface area contributed by atoms with Crippen molar-refractivity contribution in [2.75, 3.05) is 13.7 Å². The van der Waals surface area contributed by atoms with Gasteiger partial charge in [-0.05, 0) is 60.8 Å². The van der Waals surface area contributed by atoms with Gasteiger partial charge in [-0.3, -0.25) is 4.79 Å². The molecule has 6 heteroatoms. The van der Waals surface area contributed by atoms with Crippen molar-refractivity contribution >= 4 is 27.9 Å². The summed E-state index contributed by atoms with van der Waals surface area (Å²) in [4.78, 5) is 22.7. The first-order valence-corrected chi connectivity index (χ1v) is 7.70. The van der Waals surface area contributed by atoms with E-state index in [9.17, 15) is 9.59 Å². The Morgan fingerprint density at radius 2 is 1.86 bits per heavy atom. The number of esters is 2. The van der Waals surface area contributed by atoms with Gasteiger partial charge in [0, 0.05) is 6.42 Å². The maximum atomic E-state index is 11.7. The lowest BCUT2D eigenvalue weighted by Crippen LogP contribution is -2.24. The van der Waals surface area contributed by atoms with Gasteiger partial charge in [0.2, 0.25) is 0 Å². The number of methoxy groups -OCH3 is 1. The predicted octanol–water partition coefficient (Wildman–Crippen LogP) is 3.28. The van der Waals surface area contributed by atoms with E-state index in [1.165, 1.54) is 7.11 Å². The molecule has 0 aliphatic carbocycles. The quantitative estimate of drug-likeness (QED) is 0.717. The topological polar surface area (TPSA) is 61.8 Å². The Morgan fingerprint density at radius 3 is 2.41 bits per heavy atom. The van der Waals surface area contributed by atoms with Crippen molar-refractivity contribution < 1.29 is 23.8 Å². The van der Waals surface area contributed by atoms with Crippen molar-refractivity contribution in [1.82, 2.24) is 0 Å². The number of rotatable bonds is 6. The van der Waals surface area contributed by atoms with Crippen LogP contribution in [0.3, 0.4) is 0 Å².